The van der Waals surface area contributed by atoms with Gasteiger partial charge in [-0.25, -0.2) is 14.4 Å². The minimum Gasteiger partial charge on any atom is -0.362 e. The van der Waals surface area contributed by atoms with Crippen molar-refractivity contribution >= 4 is 45.8 Å². The number of halogens is 2. The Morgan fingerprint density at radius 2 is 1.84 bits per heavy atom. The maximum absolute atomic E-state index is 15.2. The van der Waals surface area contributed by atoms with Crippen LogP contribution in [0.15, 0.2) is 36.7 Å². The van der Waals surface area contributed by atoms with Crippen molar-refractivity contribution in [3.8, 4) is 0 Å². The molecule has 3 rings (SSSR count). The summed E-state index contributed by atoms with van der Waals surface area (Å²) in [7, 11) is 3.71. The molecule has 0 saturated carbocycles. The lowest BCUT2D eigenvalue weighted by Crippen LogP contribution is -2.34. The lowest BCUT2D eigenvalue weighted by molar-refractivity contribution is -0.128. The standard InChI is InChI=1S/C23H25ClFN5O2/c1-23(2,3)22(32)26-11-13-9-10-15(24)17(18(13)25)21(31)29-16-8-6-7-14-19(16)27-12-28-20(14)30(4)5/h6-10,12H,11H2,1-5H3,(H,26,32)(H,29,31). The van der Waals surface area contributed by atoms with Crippen LogP contribution in [0.2, 0.25) is 5.02 Å². The first-order valence-corrected chi connectivity index (χ1v) is 10.4. The number of para-hydroxylation sites is 1. The number of benzene rings is 2. The van der Waals surface area contributed by atoms with Crippen molar-refractivity contribution in [1.82, 2.24) is 15.3 Å². The third kappa shape index (κ3) is 4.80. The van der Waals surface area contributed by atoms with E-state index in [1.165, 1.54) is 18.5 Å². The normalized spacial score (nSPS) is 11.3. The molecule has 9 heteroatoms. The minimum absolute atomic E-state index is 0.0326. The summed E-state index contributed by atoms with van der Waals surface area (Å²) in [4.78, 5) is 35.5. The molecule has 0 aliphatic heterocycles. The van der Waals surface area contributed by atoms with E-state index in [2.05, 4.69) is 20.6 Å². The van der Waals surface area contributed by atoms with Crippen molar-refractivity contribution in [2.75, 3.05) is 24.3 Å². The Morgan fingerprint density at radius 1 is 1.12 bits per heavy atom. The number of carbonyl (C=O) groups is 2. The number of hydrogen-bond acceptors (Lipinski definition) is 5. The summed E-state index contributed by atoms with van der Waals surface area (Å²) < 4.78 is 15.2. The van der Waals surface area contributed by atoms with Crippen LogP contribution >= 0.6 is 11.6 Å². The summed E-state index contributed by atoms with van der Waals surface area (Å²) in [5.41, 5.74) is 0.162. The van der Waals surface area contributed by atoms with E-state index >= 15 is 4.39 Å². The average Bonchev–Trinajstić information content (AvgIpc) is 2.72. The van der Waals surface area contributed by atoms with Crippen LogP contribution in [-0.2, 0) is 11.3 Å². The molecule has 0 unspecified atom stereocenters. The number of anilines is 2. The van der Waals surface area contributed by atoms with Gasteiger partial charge < -0.3 is 15.5 Å². The Morgan fingerprint density at radius 3 is 2.50 bits per heavy atom. The fourth-order valence-electron chi connectivity index (χ4n) is 3.10. The molecule has 0 saturated heterocycles. The van der Waals surface area contributed by atoms with E-state index < -0.39 is 17.1 Å². The molecule has 0 aliphatic rings. The maximum atomic E-state index is 15.2. The second-order valence-corrected chi connectivity index (χ2v) is 8.98. The van der Waals surface area contributed by atoms with Crippen LogP contribution in [0.3, 0.4) is 0 Å². The lowest BCUT2D eigenvalue weighted by atomic mass is 9.95. The Hall–Kier alpha value is -3.26. The van der Waals surface area contributed by atoms with Crippen molar-refractivity contribution in [2.24, 2.45) is 5.41 Å². The third-order valence-corrected chi connectivity index (χ3v) is 5.15. The second-order valence-electron chi connectivity index (χ2n) is 8.58. The van der Waals surface area contributed by atoms with Gasteiger partial charge in [0.15, 0.2) is 0 Å². The highest BCUT2D eigenvalue weighted by Crippen LogP contribution is 2.29. The monoisotopic (exact) mass is 457 g/mol. The summed E-state index contributed by atoms with van der Waals surface area (Å²) in [6.45, 7) is 5.21. The molecule has 0 atom stereocenters. The van der Waals surface area contributed by atoms with Crippen LogP contribution in [-0.4, -0.2) is 35.9 Å². The smallest absolute Gasteiger partial charge is 0.260 e. The molecule has 3 aromatic rings. The summed E-state index contributed by atoms with van der Waals surface area (Å²) in [5, 5.41) is 6.09. The Balaban J connectivity index is 1.92. The van der Waals surface area contributed by atoms with Gasteiger partial charge in [-0.15, -0.1) is 0 Å². The van der Waals surface area contributed by atoms with Gasteiger partial charge in [-0.3, -0.25) is 9.59 Å². The van der Waals surface area contributed by atoms with Crippen LogP contribution in [0.1, 0.15) is 36.7 Å². The number of carbonyl (C=O) groups excluding carboxylic acids is 2. The molecule has 2 amide bonds. The highest BCUT2D eigenvalue weighted by atomic mass is 35.5. The first kappa shape index (κ1) is 23.4. The molecule has 32 heavy (non-hydrogen) atoms. The van der Waals surface area contributed by atoms with Crippen LogP contribution in [0.5, 0.6) is 0 Å². The van der Waals surface area contributed by atoms with Crippen molar-refractivity contribution in [2.45, 2.75) is 27.3 Å². The van der Waals surface area contributed by atoms with E-state index in [1.807, 2.05) is 25.1 Å². The van der Waals surface area contributed by atoms with Gasteiger partial charge in [0.2, 0.25) is 5.91 Å². The molecule has 0 bridgehead atoms. The summed E-state index contributed by atoms with van der Waals surface area (Å²) in [6, 6.07) is 8.16. The number of fused-ring (bicyclic) bond motifs is 1. The molecule has 2 N–H and O–H groups in total. The molecular formula is C23H25ClFN5O2. The van der Waals surface area contributed by atoms with Crippen molar-refractivity contribution in [3.05, 3.63) is 58.6 Å². The van der Waals surface area contributed by atoms with Crippen molar-refractivity contribution in [3.63, 3.8) is 0 Å². The van der Waals surface area contributed by atoms with E-state index in [-0.39, 0.29) is 28.6 Å². The molecule has 0 aliphatic carbocycles. The average molecular weight is 458 g/mol. The summed E-state index contributed by atoms with van der Waals surface area (Å²) in [5.74, 6) is -1.04. The number of aromatic nitrogens is 2. The molecule has 0 spiro atoms. The van der Waals surface area contributed by atoms with Gasteiger partial charge in [0.05, 0.1) is 21.8 Å². The zero-order valence-corrected chi connectivity index (χ0v) is 19.3. The number of nitrogens with zero attached hydrogens (tertiary/aromatic N) is 3. The van der Waals surface area contributed by atoms with Gasteiger partial charge >= 0.3 is 0 Å². The van der Waals surface area contributed by atoms with Crippen LogP contribution in [0, 0.1) is 11.2 Å². The SMILES string of the molecule is CN(C)c1ncnc2c(NC(=O)c3c(Cl)ccc(CNC(=O)C(C)(C)C)c3F)cccc12. The van der Waals surface area contributed by atoms with Gasteiger partial charge in [0.25, 0.3) is 5.91 Å². The second kappa shape index (κ2) is 9.08. The highest BCUT2D eigenvalue weighted by Gasteiger charge is 2.24. The Labute approximate surface area is 191 Å². The van der Waals surface area contributed by atoms with Gasteiger partial charge in [-0.05, 0) is 18.2 Å². The van der Waals surface area contributed by atoms with Crippen molar-refractivity contribution in [1.29, 1.82) is 0 Å². The van der Waals surface area contributed by atoms with Crippen LogP contribution in [0.4, 0.5) is 15.9 Å². The number of hydrogen-bond donors (Lipinski definition) is 2. The zero-order valence-electron chi connectivity index (χ0n) is 18.6. The number of rotatable bonds is 5. The predicted octanol–water partition coefficient (Wildman–Crippen LogP) is 4.40. The van der Waals surface area contributed by atoms with E-state index in [9.17, 15) is 9.59 Å². The van der Waals surface area contributed by atoms with E-state index in [4.69, 9.17) is 11.6 Å². The van der Waals surface area contributed by atoms with Crippen LogP contribution in [0.25, 0.3) is 10.9 Å². The summed E-state index contributed by atoms with van der Waals surface area (Å²) >= 11 is 6.16. The third-order valence-electron chi connectivity index (χ3n) is 4.83. The topological polar surface area (TPSA) is 87.2 Å². The van der Waals surface area contributed by atoms with E-state index in [0.717, 1.165) is 5.39 Å². The molecule has 0 radical (unpaired) electrons. The quantitative estimate of drug-likeness (QED) is 0.592. The fraction of sp³-hybridized carbons (Fsp3) is 0.304. The minimum atomic E-state index is -0.784. The zero-order chi connectivity index (χ0) is 23.6. The first-order chi connectivity index (χ1) is 15.0. The molecule has 168 valence electrons. The van der Waals surface area contributed by atoms with Gasteiger partial charge in [-0.1, -0.05) is 44.5 Å². The summed E-state index contributed by atoms with van der Waals surface area (Å²) in [6.07, 6.45) is 1.40. The maximum Gasteiger partial charge on any atom is 0.260 e. The van der Waals surface area contributed by atoms with Gasteiger partial charge in [-0.2, -0.15) is 0 Å². The van der Waals surface area contributed by atoms with Crippen molar-refractivity contribution < 1.29 is 14.0 Å². The lowest BCUT2D eigenvalue weighted by Gasteiger charge is -2.18. The largest absolute Gasteiger partial charge is 0.362 e. The van der Waals surface area contributed by atoms with Gasteiger partial charge in [0.1, 0.15) is 18.0 Å². The number of amides is 2. The highest BCUT2D eigenvalue weighted by molar-refractivity contribution is 6.34. The number of nitrogens with one attached hydrogen (secondary N) is 2. The molecular weight excluding hydrogens is 433 g/mol. The molecule has 7 nitrogen and oxygen atoms in total. The first-order valence-electron chi connectivity index (χ1n) is 9.98. The van der Waals surface area contributed by atoms with Gasteiger partial charge in [0, 0.05) is 37.0 Å². The fourth-order valence-corrected chi connectivity index (χ4v) is 3.33. The Kier molecular flexibility index (Phi) is 6.64. The molecule has 1 aromatic heterocycles. The Bertz CT molecular complexity index is 1190. The predicted molar refractivity (Wildman–Crippen MR) is 125 cm³/mol. The molecule has 2 aromatic carbocycles. The molecule has 0 fully saturated rings. The van der Waals surface area contributed by atoms with Crippen LogP contribution < -0.4 is 15.5 Å². The van der Waals surface area contributed by atoms with E-state index in [0.29, 0.717) is 17.0 Å². The molecule has 1 heterocycles. The van der Waals surface area contributed by atoms with E-state index in [1.54, 1.807) is 32.9 Å².